The van der Waals surface area contributed by atoms with Crippen molar-refractivity contribution in [1.82, 2.24) is 0 Å². The molecule has 5 heteroatoms. The number of benzene rings is 1. The first-order chi connectivity index (χ1) is 7.87. The Morgan fingerprint density at radius 3 is 2.06 bits per heavy atom. The highest BCUT2D eigenvalue weighted by Crippen LogP contribution is 2.33. The number of aliphatic carboxylic acids is 1. The fourth-order valence-electron chi connectivity index (χ4n) is 1.92. The number of carboxylic acid groups (broad SMARTS) is 1. The second kappa shape index (κ2) is 4.61. The summed E-state index contributed by atoms with van der Waals surface area (Å²) in [6.07, 6.45) is -0.213. The van der Waals surface area contributed by atoms with Crippen LogP contribution in [0.1, 0.15) is 25.8 Å². The molecule has 0 radical (unpaired) electrons. The van der Waals surface area contributed by atoms with Crippen LogP contribution < -0.4 is 0 Å². The highest BCUT2D eigenvalue weighted by atomic mass is 19.1. The normalized spacial score (nSPS) is 14.1. The van der Waals surface area contributed by atoms with Crippen LogP contribution in [-0.2, 0) is 15.0 Å². The average molecular weight is 242 g/mol. The number of carbonyl (C=O) groups excluding carboxylic acids is 1. The van der Waals surface area contributed by atoms with Crippen LogP contribution >= 0.6 is 0 Å². The quantitative estimate of drug-likeness (QED) is 0.824. The van der Waals surface area contributed by atoms with E-state index in [0.717, 1.165) is 25.1 Å². The number of carboxylic acids is 1. The molecule has 0 spiro atoms. The van der Waals surface area contributed by atoms with Gasteiger partial charge in [-0.15, -0.1) is 0 Å². The summed E-state index contributed by atoms with van der Waals surface area (Å²) in [5.41, 5.74) is -2.85. The molecule has 0 aliphatic rings. The molecule has 0 saturated heterocycles. The van der Waals surface area contributed by atoms with Gasteiger partial charge in [-0.2, -0.15) is 0 Å². The van der Waals surface area contributed by atoms with E-state index in [4.69, 9.17) is 5.11 Å². The number of Topliss-reactive ketones (excluding diaryl/α,β-unsaturated/α-hetero) is 1. The Kier molecular flexibility index (Phi) is 3.60. The predicted octanol–water partition coefficient (Wildman–Crippen LogP) is 2.29. The summed E-state index contributed by atoms with van der Waals surface area (Å²) in [6.45, 7) is 2.42. The highest BCUT2D eigenvalue weighted by molar-refractivity contribution is 6.08. The number of carbonyl (C=O) groups is 2. The average Bonchev–Trinajstić information content (AvgIpc) is 2.22. The molecule has 1 N–H and O–H groups in total. The second-order valence-electron chi connectivity index (χ2n) is 3.72. The van der Waals surface area contributed by atoms with Gasteiger partial charge in [0.1, 0.15) is 11.6 Å². The van der Waals surface area contributed by atoms with Gasteiger partial charge < -0.3 is 5.11 Å². The molecule has 1 atom stereocenters. The molecule has 0 aliphatic heterocycles. The lowest BCUT2D eigenvalue weighted by molar-refractivity contribution is -0.148. The van der Waals surface area contributed by atoms with Gasteiger partial charge in [0.25, 0.3) is 0 Å². The van der Waals surface area contributed by atoms with E-state index in [9.17, 15) is 18.4 Å². The maximum atomic E-state index is 13.6. The summed E-state index contributed by atoms with van der Waals surface area (Å²) < 4.78 is 27.2. The van der Waals surface area contributed by atoms with E-state index in [0.29, 0.717) is 0 Å². The maximum absolute atomic E-state index is 13.6. The standard InChI is InChI=1S/C12H12F2O3/c1-3-12(7(2)15,11(16)17)10-8(13)5-4-6-9(10)14/h4-6H,3H2,1-2H3,(H,16,17). The fourth-order valence-corrected chi connectivity index (χ4v) is 1.92. The molecule has 1 aromatic carbocycles. The number of hydrogen-bond acceptors (Lipinski definition) is 2. The zero-order valence-corrected chi connectivity index (χ0v) is 9.46. The zero-order valence-electron chi connectivity index (χ0n) is 9.46. The summed E-state index contributed by atoms with van der Waals surface area (Å²) in [5, 5.41) is 9.14. The molecule has 17 heavy (non-hydrogen) atoms. The second-order valence-corrected chi connectivity index (χ2v) is 3.72. The van der Waals surface area contributed by atoms with Crippen molar-refractivity contribution in [2.75, 3.05) is 0 Å². The van der Waals surface area contributed by atoms with Crippen LogP contribution in [0.2, 0.25) is 0 Å². The number of rotatable bonds is 4. The Labute approximate surface area is 97.1 Å². The molecule has 0 heterocycles. The summed E-state index contributed by atoms with van der Waals surface area (Å²) in [7, 11) is 0. The molecule has 0 aromatic heterocycles. The lowest BCUT2D eigenvalue weighted by Gasteiger charge is -2.26. The molecule has 3 nitrogen and oxygen atoms in total. The molecular weight excluding hydrogens is 230 g/mol. The number of halogens is 2. The van der Waals surface area contributed by atoms with Crippen molar-refractivity contribution >= 4 is 11.8 Å². The zero-order chi connectivity index (χ0) is 13.2. The first-order valence-corrected chi connectivity index (χ1v) is 5.06. The van der Waals surface area contributed by atoms with Gasteiger partial charge in [0.05, 0.1) is 0 Å². The molecule has 0 bridgehead atoms. The number of ketones is 1. The van der Waals surface area contributed by atoms with E-state index in [1.54, 1.807) is 0 Å². The lowest BCUT2D eigenvalue weighted by atomic mass is 9.74. The molecule has 1 aromatic rings. The number of hydrogen-bond donors (Lipinski definition) is 1. The molecule has 0 saturated carbocycles. The van der Waals surface area contributed by atoms with Crippen molar-refractivity contribution in [3.63, 3.8) is 0 Å². The van der Waals surface area contributed by atoms with Crippen LogP contribution in [0.5, 0.6) is 0 Å². The van der Waals surface area contributed by atoms with Gasteiger partial charge in [0.2, 0.25) is 0 Å². The van der Waals surface area contributed by atoms with Gasteiger partial charge in [-0.1, -0.05) is 13.0 Å². The third kappa shape index (κ3) is 1.92. The highest BCUT2D eigenvalue weighted by Gasteiger charge is 2.47. The first kappa shape index (κ1) is 13.3. The Morgan fingerprint density at radius 2 is 1.76 bits per heavy atom. The van der Waals surface area contributed by atoms with E-state index in [2.05, 4.69) is 0 Å². The van der Waals surface area contributed by atoms with E-state index in [-0.39, 0.29) is 6.42 Å². The Balaban J connectivity index is 3.64. The Morgan fingerprint density at radius 1 is 1.29 bits per heavy atom. The van der Waals surface area contributed by atoms with Gasteiger partial charge in [-0.25, -0.2) is 8.78 Å². The molecule has 1 rings (SSSR count). The summed E-state index contributed by atoms with van der Waals surface area (Å²) in [4.78, 5) is 22.8. The van der Waals surface area contributed by atoms with Crippen LogP contribution in [0.3, 0.4) is 0 Å². The monoisotopic (exact) mass is 242 g/mol. The van der Waals surface area contributed by atoms with Crippen molar-refractivity contribution in [2.45, 2.75) is 25.7 Å². The van der Waals surface area contributed by atoms with Gasteiger partial charge >= 0.3 is 5.97 Å². The molecule has 0 aliphatic carbocycles. The van der Waals surface area contributed by atoms with E-state index in [1.165, 1.54) is 6.92 Å². The topological polar surface area (TPSA) is 54.4 Å². The Bertz CT molecular complexity index is 435. The molecular formula is C12H12F2O3. The lowest BCUT2D eigenvalue weighted by Crippen LogP contribution is -2.43. The van der Waals surface area contributed by atoms with Crippen molar-refractivity contribution in [3.8, 4) is 0 Å². The first-order valence-electron chi connectivity index (χ1n) is 5.06. The molecule has 0 amide bonds. The van der Waals surface area contributed by atoms with Crippen molar-refractivity contribution in [3.05, 3.63) is 35.4 Å². The minimum absolute atomic E-state index is 0.213. The Hall–Kier alpha value is -1.78. The predicted molar refractivity (Wildman–Crippen MR) is 56.6 cm³/mol. The van der Waals surface area contributed by atoms with Gasteiger partial charge in [-0.05, 0) is 25.5 Å². The van der Waals surface area contributed by atoms with E-state index in [1.807, 2.05) is 0 Å². The maximum Gasteiger partial charge on any atom is 0.321 e. The third-order valence-electron chi connectivity index (χ3n) is 2.89. The van der Waals surface area contributed by atoms with Crippen molar-refractivity contribution in [2.24, 2.45) is 0 Å². The summed E-state index contributed by atoms with van der Waals surface area (Å²) >= 11 is 0. The van der Waals surface area contributed by atoms with E-state index < -0.39 is 34.4 Å². The van der Waals surface area contributed by atoms with Gasteiger partial charge in [-0.3, -0.25) is 9.59 Å². The van der Waals surface area contributed by atoms with Crippen LogP contribution in [0.4, 0.5) is 8.78 Å². The third-order valence-corrected chi connectivity index (χ3v) is 2.89. The van der Waals surface area contributed by atoms with E-state index >= 15 is 0 Å². The fraction of sp³-hybridized carbons (Fsp3) is 0.333. The smallest absolute Gasteiger partial charge is 0.321 e. The molecule has 0 fully saturated rings. The van der Waals surface area contributed by atoms with Crippen LogP contribution in [0.25, 0.3) is 0 Å². The molecule has 92 valence electrons. The van der Waals surface area contributed by atoms with Crippen molar-refractivity contribution in [1.29, 1.82) is 0 Å². The van der Waals surface area contributed by atoms with Crippen LogP contribution in [-0.4, -0.2) is 16.9 Å². The summed E-state index contributed by atoms with van der Waals surface area (Å²) in [5.74, 6) is -4.39. The SMILES string of the molecule is CCC(C(C)=O)(C(=O)O)c1c(F)cccc1F. The minimum atomic E-state index is -2.16. The largest absolute Gasteiger partial charge is 0.480 e. The summed E-state index contributed by atoms with van der Waals surface area (Å²) in [6, 6.07) is 3.00. The molecule has 1 unspecified atom stereocenters. The minimum Gasteiger partial charge on any atom is -0.480 e. The van der Waals surface area contributed by atoms with Crippen molar-refractivity contribution < 1.29 is 23.5 Å². The van der Waals surface area contributed by atoms with Gasteiger partial charge in [0.15, 0.2) is 11.2 Å². The van der Waals surface area contributed by atoms with Crippen LogP contribution in [0.15, 0.2) is 18.2 Å². The van der Waals surface area contributed by atoms with Crippen LogP contribution in [0, 0.1) is 11.6 Å². The van der Waals surface area contributed by atoms with Gasteiger partial charge in [0, 0.05) is 5.56 Å².